The molecule has 0 aliphatic rings. The molecule has 0 aliphatic heterocycles. The van der Waals surface area contributed by atoms with Gasteiger partial charge in [-0.15, -0.1) is 0 Å². The summed E-state index contributed by atoms with van der Waals surface area (Å²) in [4.78, 5) is 23.1. The van der Waals surface area contributed by atoms with E-state index in [1.165, 1.54) is 19.1 Å². The van der Waals surface area contributed by atoms with Crippen LogP contribution in [0.1, 0.15) is 38.1 Å². The third-order valence-corrected chi connectivity index (χ3v) is 2.42. The molecule has 0 aliphatic carbocycles. The fourth-order valence-electron chi connectivity index (χ4n) is 1.53. The molecular formula is C14H18FNO3. The van der Waals surface area contributed by atoms with Gasteiger partial charge >= 0.3 is 0 Å². The van der Waals surface area contributed by atoms with Crippen LogP contribution in [-0.4, -0.2) is 23.8 Å². The lowest BCUT2D eigenvalue weighted by molar-refractivity contribution is -0.127. The highest BCUT2D eigenvalue weighted by Crippen LogP contribution is 2.21. The molecule has 5 heteroatoms. The predicted octanol–water partition coefficient (Wildman–Crippen LogP) is 2.32. The minimum atomic E-state index is -0.758. The van der Waals surface area contributed by atoms with E-state index in [1.54, 1.807) is 6.92 Å². The van der Waals surface area contributed by atoms with Gasteiger partial charge < -0.3 is 10.1 Å². The summed E-state index contributed by atoms with van der Waals surface area (Å²) in [6.07, 6.45) is -0.758. The molecule has 1 unspecified atom stereocenters. The molecule has 0 bridgehead atoms. The maximum absolute atomic E-state index is 13.1. The molecule has 19 heavy (non-hydrogen) atoms. The zero-order chi connectivity index (χ0) is 14.6. The number of nitrogens with one attached hydrogen (secondary N) is 1. The number of amides is 1. The molecule has 1 N–H and O–H groups in total. The minimum absolute atomic E-state index is 0.000884. The van der Waals surface area contributed by atoms with Gasteiger partial charge in [0, 0.05) is 6.04 Å². The number of Topliss-reactive ketones (excluding diaryl/α,β-unsaturated/α-hetero) is 1. The molecule has 1 aromatic carbocycles. The lowest BCUT2D eigenvalue weighted by atomic mass is 10.1. The molecule has 1 amide bonds. The zero-order valence-corrected chi connectivity index (χ0v) is 11.5. The number of carbonyl (C=O) groups is 2. The summed E-state index contributed by atoms with van der Waals surface area (Å²) in [6.45, 7) is 6.57. The lowest BCUT2D eigenvalue weighted by Crippen LogP contribution is -2.40. The average molecular weight is 267 g/mol. The van der Waals surface area contributed by atoms with Crippen molar-refractivity contribution >= 4 is 11.7 Å². The molecule has 0 saturated heterocycles. The molecule has 0 heterocycles. The molecule has 0 aromatic heterocycles. The molecule has 0 spiro atoms. The third-order valence-electron chi connectivity index (χ3n) is 2.42. The number of hydrogen-bond donors (Lipinski definition) is 1. The predicted molar refractivity (Wildman–Crippen MR) is 69.8 cm³/mol. The largest absolute Gasteiger partial charge is 0.480 e. The lowest BCUT2D eigenvalue weighted by Gasteiger charge is -2.17. The number of ether oxygens (including phenoxy) is 1. The normalized spacial score (nSPS) is 12.1. The molecule has 104 valence electrons. The van der Waals surface area contributed by atoms with E-state index < -0.39 is 11.9 Å². The van der Waals surface area contributed by atoms with Crippen LogP contribution in [0.15, 0.2) is 18.2 Å². The van der Waals surface area contributed by atoms with Crippen LogP contribution in [0, 0.1) is 5.82 Å². The Balaban J connectivity index is 2.87. The molecule has 0 saturated carbocycles. The van der Waals surface area contributed by atoms with Gasteiger partial charge in [-0.3, -0.25) is 9.59 Å². The van der Waals surface area contributed by atoms with Gasteiger partial charge in [0.05, 0.1) is 5.56 Å². The highest BCUT2D eigenvalue weighted by molar-refractivity contribution is 5.97. The van der Waals surface area contributed by atoms with E-state index in [2.05, 4.69) is 5.32 Å². The van der Waals surface area contributed by atoms with Gasteiger partial charge in [-0.05, 0) is 45.9 Å². The van der Waals surface area contributed by atoms with Crippen LogP contribution in [-0.2, 0) is 4.79 Å². The SMILES string of the molecule is CC(=O)c1cc(F)ccc1OC(C)C(=O)NC(C)C. The Bertz CT molecular complexity index is 486. The van der Waals surface area contributed by atoms with E-state index in [-0.39, 0.29) is 29.0 Å². The summed E-state index contributed by atoms with van der Waals surface area (Å²) < 4.78 is 18.5. The summed E-state index contributed by atoms with van der Waals surface area (Å²) in [5.74, 6) is -0.906. The van der Waals surface area contributed by atoms with Crippen LogP contribution in [0.3, 0.4) is 0 Å². The second-order valence-electron chi connectivity index (χ2n) is 4.62. The van der Waals surface area contributed by atoms with Crippen molar-refractivity contribution in [2.45, 2.75) is 39.8 Å². The molecule has 0 radical (unpaired) electrons. The first-order valence-electron chi connectivity index (χ1n) is 6.08. The maximum atomic E-state index is 13.1. The first kappa shape index (κ1) is 15.1. The number of rotatable bonds is 5. The molecule has 4 nitrogen and oxygen atoms in total. The van der Waals surface area contributed by atoms with Crippen molar-refractivity contribution in [1.29, 1.82) is 0 Å². The van der Waals surface area contributed by atoms with Crippen molar-refractivity contribution in [2.75, 3.05) is 0 Å². The van der Waals surface area contributed by atoms with Crippen LogP contribution < -0.4 is 10.1 Å². The molecule has 1 rings (SSSR count). The topological polar surface area (TPSA) is 55.4 Å². The number of ketones is 1. The second kappa shape index (κ2) is 6.31. The summed E-state index contributed by atoms with van der Waals surface area (Å²) in [7, 11) is 0. The summed E-state index contributed by atoms with van der Waals surface area (Å²) in [6, 6.07) is 3.64. The van der Waals surface area contributed by atoms with Crippen LogP contribution in [0.25, 0.3) is 0 Å². The Morgan fingerprint density at radius 2 is 1.89 bits per heavy atom. The van der Waals surface area contributed by atoms with E-state index in [4.69, 9.17) is 4.74 Å². The molecule has 1 atom stereocenters. The first-order valence-corrected chi connectivity index (χ1v) is 6.08. The van der Waals surface area contributed by atoms with Gasteiger partial charge in [0.2, 0.25) is 0 Å². The van der Waals surface area contributed by atoms with Gasteiger partial charge in [0.1, 0.15) is 11.6 Å². The van der Waals surface area contributed by atoms with Crippen LogP contribution in [0.2, 0.25) is 0 Å². The number of carbonyl (C=O) groups excluding carboxylic acids is 2. The number of hydrogen-bond acceptors (Lipinski definition) is 3. The van der Waals surface area contributed by atoms with E-state index >= 15 is 0 Å². The molecule has 1 aromatic rings. The van der Waals surface area contributed by atoms with Crippen LogP contribution >= 0.6 is 0 Å². The maximum Gasteiger partial charge on any atom is 0.260 e. The van der Waals surface area contributed by atoms with Crippen molar-refractivity contribution in [3.05, 3.63) is 29.6 Å². The van der Waals surface area contributed by atoms with Gasteiger partial charge in [-0.1, -0.05) is 0 Å². The Labute approximate surface area is 112 Å². The molecular weight excluding hydrogens is 249 g/mol. The zero-order valence-electron chi connectivity index (χ0n) is 11.5. The second-order valence-corrected chi connectivity index (χ2v) is 4.62. The Morgan fingerprint density at radius 3 is 2.42 bits per heavy atom. The Hall–Kier alpha value is -1.91. The highest BCUT2D eigenvalue weighted by atomic mass is 19.1. The van der Waals surface area contributed by atoms with Crippen molar-refractivity contribution in [3.63, 3.8) is 0 Å². The van der Waals surface area contributed by atoms with Crippen LogP contribution in [0.4, 0.5) is 4.39 Å². The van der Waals surface area contributed by atoms with E-state index in [0.29, 0.717) is 0 Å². The Kier molecular flexibility index (Phi) is 5.03. The molecule has 0 fully saturated rings. The van der Waals surface area contributed by atoms with E-state index in [1.807, 2.05) is 13.8 Å². The minimum Gasteiger partial charge on any atom is -0.480 e. The quantitative estimate of drug-likeness (QED) is 0.833. The number of benzene rings is 1. The van der Waals surface area contributed by atoms with Gasteiger partial charge in [-0.25, -0.2) is 4.39 Å². The fraction of sp³-hybridized carbons (Fsp3) is 0.429. The van der Waals surface area contributed by atoms with Gasteiger partial charge in [0.25, 0.3) is 5.91 Å². The van der Waals surface area contributed by atoms with E-state index in [0.717, 1.165) is 6.07 Å². The van der Waals surface area contributed by atoms with Crippen molar-refractivity contribution in [2.24, 2.45) is 0 Å². The number of halogens is 1. The Morgan fingerprint density at radius 1 is 1.26 bits per heavy atom. The average Bonchev–Trinajstić information content (AvgIpc) is 2.30. The fourth-order valence-corrected chi connectivity index (χ4v) is 1.53. The highest BCUT2D eigenvalue weighted by Gasteiger charge is 2.18. The summed E-state index contributed by atoms with van der Waals surface area (Å²) in [5, 5.41) is 2.70. The third kappa shape index (κ3) is 4.35. The smallest absolute Gasteiger partial charge is 0.260 e. The van der Waals surface area contributed by atoms with Gasteiger partial charge in [0.15, 0.2) is 11.9 Å². The summed E-state index contributed by atoms with van der Waals surface area (Å²) >= 11 is 0. The van der Waals surface area contributed by atoms with E-state index in [9.17, 15) is 14.0 Å². The van der Waals surface area contributed by atoms with Crippen molar-refractivity contribution < 1.29 is 18.7 Å². The van der Waals surface area contributed by atoms with Crippen LogP contribution in [0.5, 0.6) is 5.75 Å². The summed E-state index contributed by atoms with van der Waals surface area (Å²) in [5.41, 5.74) is 0.129. The monoisotopic (exact) mass is 267 g/mol. The van der Waals surface area contributed by atoms with Crippen molar-refractivity contribution in [1.82, 2.24) is 5.32 Å². The van der Waals surface area contributed by atoms with Crippen molar-refractivity contribution in [3.8, 4) is 5.75 Å². The first-order chi connectivity index (χ1) is 8.81. The standard InChI is InChI=1S/C14H18FNO3/c1-8(2)16-14(18)10(4)19-13-6-5-11(15)7-12(13)9(3)17/h5-8,10H,1-4H3,(H,16,18). The van der Waals surface area contributed by atoms with Gasteiger partial charge in [-0.2, -0.15) is 0 Å².